The van der Waals surface area contributed by atoms with Crippen LogP contribution in [0, 0.1) is 5.41 Å². The number of imidazole rings is 2. The Hall–Kier alpha value is -2.11. The minimum Gasteiger partial charge on any atom is -0.387 e. The van der Waals surface area contributed by atoms with Gasteiger partial charge >= 0.3 is 0 Å². The van der Waals surface area contributed by atoms with Crippen LogP contribution in [0.5, 0.6) is 0 Å². The van der Waals surface area contributed by atoms with E-state index in [-0.39, 0.29) is 17.7 Å². The molecule has 2 heterocycles. The third-order valence-electron chi connectivity index (χ3n) is 2.70. The van der Waals surface area contributed by atoms with E-state index < -0.39 is 0 Å². The molecule has 0 amide bonds. The van der Waals surface area contributed by atoms with Crippen molar-refractivity contribution in [1.82, 2.24) is 19.9 Å². The zero-order chi connectivity index (χ0) is 11.5. The zero-order valence-electron chi connectivity index (χ0n) is 8.94. The fraction of sp³-hybridized carbons (Fsp3) is 0.300. The van der Waals surface area contributed by atoms with Gasteiger partial charge in [-0.1, -0.05) is 6.92 Å². The van der Waals surface area contributed by atoms with Crippen LogP contribution >= 0.6 is 0 Å². The summed E-state index contributed by atoms with van der Waals surface area (Å²) in [5.74, 6) is -0.0326. The van der Waals surface area contributed by atoms with Gasteiger partial charge in [-0.3, -0.25) is 5.41 Å². The summed E-state index contributed by atoms with van der Waals surface area (Å²) in [5, 5.41) is 7.66. The predicted octanol–water partition coefficient (Wildman–Crippen LogP) is 0.956. The molecule has 5 N–H and O–H groups in total. The maximum absolute atomic E-state index is 7.66. The lowest BCUT2D eigenvalue weighted by atomic mass is 9.88. The second-order valence-corrected chi connectivity index (χ2v) is 3.74. The van der Waals surface area contributed by atoms with E-state index in [1.54, 1.807) is 25.0 Å². The number of hydrogen-bond acceptors (Lipinski definition) is 3. The molecule has 0 bridgehead atoms. The van der Waals surface area contributed by atoms with E-state index in [0.717, 1.165) is 11.4 Å². The van der Waals surface area contributed by atoms with Crippen LogP contribution < -0.4 is 5.73 Å². The number of nitrogens with one attached hydrogen (secondary N) is 3. The summed E-state index contributed by atoms with van der Waals surface area (Å²) in [6.07, 6.45) is 6.65. The SMILES string of the molecule is CC(c1cnc[nH]1)C(C(=N)N)c1cnc[nH]1. The smallest absolute Gasteiger partial charge is 0.100 e. The van der Waals surface area contributed by atoms with Crippen molar-refractivity contribution in [2.75, 3.05) is 0 Å². The molecule has 0 fully saturated rings. The van der Waals surface area contributed by atoms with Crippen molar-refractivity contribution in [3.63, 3.8) is 0 Å². The first-order valence-electron chi connectivity index (χ1n) is 5.00. The Bertz CT molecular complexity index is 444. The first-order chi connectivity index (χ1) is 7.70. The van der Waals surface area contributed by atoms with Gasteiger partial charge in [0.05, 0.1) is 18.6 Å². The Labute approximate surface area is 92.8 Å². The number of amidine groups is 1. The van der Waals surface area contributed by atoms with E-state index in [9.17, 15) is 0 Å². The Morgan fingerprint density at radius 3 is 2.25 bits per heavy atom. The molecular weight excluding hydrogens is 204 g/mol. The highest BCUT2D eigenvalue weighted by molar-refractivity contribution is 5.85. The van der Waals surface area contributed by atoms with Crippen LogP contribution in [0.2, 0.25) is 0 Å². The largest absolute Gasteiger partial charge is 0.387 e. The van der Waals surface area contributed by atoms with Gasteiger partial charge in [0.15, 0.2) is 0 Å². The summed E-state index contributed by atoms with van der Waals surface area (Å²) in [6.45, 7) is 2.00. The molecule has 0 aliphatic rings. The van der Waals surface area contributed by atoms with Gasteiger partial charge < -0.3 is 15.7 Å². The molecule has 0 aliphatic carbocycles. The number of aromatic amines is 2. The van der Waals surface area contributed by atoms with Crippen molar-refractivity contribution in [2.24, 2.45) is 5.73 Å². The second-order valence-electron chi connectivity index (χ2n) is 3.74. The molecule has 16 heavy (non-hydrogen) atoms. The van der Waals surface area contributed by atoms with Crippen molar-refractivity contribution in [3.8, 4) is 0 Å². The van der Waals surface area contributed by atoms with Gasteiger partial charge in [-0.05, 0) is 0 Å². The molecule has 2 aromatic heterocycles. The Morgan fingerprint density at radius 2 is 1.81 bits per heavy atom. The van der Waals surface area contributed by atoms with E-state index in [1.165, 1.54) is 0 Å². The van der Waals surface area contributed by atoms with Crippen LogP contribution in [-0.2, 0) is 0 Å². The standard InChI is InChI=1S/C10H14N6/c1-6(7-2-13-4-15-7)9(10(11)12)8-3-14-5-16-8/h2-6,9H,1H3,(H3,11,12)(H,13,15)(H,14,16). The summed E-state index contributed by atoms with van der Waals surface area (Å²) >= 11 is 0. The summed E-state index contributed by atoms with van der Waals surface area (Å²) in [7, 11) is 0. The summed E-state index contributed by atoms with van der Waals surface area (Å²) < 4.78 is 0. The minimum absolute atomic E-state index is 0.0560. The van der Waals surface area contributed by atoms with Crippen LogP contribution in [0.4, 0.5) is 0 Å². The van der Waals surface area contributed by atoms with Gasteiger partial charge in [0.2, 0.25) is 0 Å². The van der Waals surface area contributed by atoms with Crippen molar-refractivity contribution in [1.29, 1.82) is 5.41 Å². The minimum atomic E-state index is -0.206. The fourth-order valence-electron chi connectivity index (χ4n) is 1.84. The van der Waals surface area contributed by atoms with Gasteiger partial charge in [0, 0.05) is 29.7 Å². The average Bonchev–Trinajstić information content (AvgIpc) is 2.89. The highest BCUT2D eigenvalue weighted by Gasteiger charge is 2.25. The van der Waals surface area contributed by atoms with Crippen LogP contribution in [0.3, 0.4) is 0 Å². The van der Waals surface area contributed by atoms with Crippen LogP contribution in [0.15, 0.2) is 25.0 Å². The molecule has 2 unspecified atom stereocenters. The van der Waals surface area contributed by atoms with Crippen LogP contribution in [-0.4, -0.2) is 25.8 Å². The number of hydrogen-bond donors (Lipinski definition) is 4. The molecule has 2 rings (SSSR count). The monoisotopic (exact) mass is 218 g/mol. The molecule has 6 nitrogen and oxygen atoms in total. The van der Waals surface area contributed by atoms with Crippen LogP contribution in [0.25, 0.3) is 0 Å². The molecule has 0 aliphatic heterocycles. The highest BCUT2D eigenvalue weighted by atomic mass is 14.9. The Balaban J connectivity index is 2.31. The molecular formula is C10H14N6. The van der Waals surface area contributed by atoms with Crippen molar-refractivity contribution in [3.05, 3.63) is 36.4 Å². The topological polar surface area (TPSA) is 107 Å². The lowest BCUT2D eigenvalue weighted by Gasteiger charge is -2.20. The normalized spacial score (nSPS) is 14.6. The third-order valence-corrected chi connectivity index (χ3v) is 2.70. The van der Waals surface area contributed by atoms with Gasteiger partial charge in [0.25, 0.3) is 0 Å². The average molecular weight is 218 g/mol. The molecule has 0 radical (unpaired) electrons. The van der Waals surface area contributed by atoms with E-state index in [4.69, 9.17) is 11.1 Å². The molecule has 2 atom stereocenters. The first kappa shape index (κ1) is 10.4. The number of H-pyrrole nitrogens is 2. The molecule has 0 saturated carbocycles. The Kier molecular flexibility index (Phi) is 2.72. The molecule has 84 valence electrons. The number of rotatable bonds is 4. The summed E-state index contributed by atoms with van der Waals surface area (Å²) in [6, 6.07) is 0. The Morgan fingerprint density at radius 1 is 1.25 bits per heavy atom. The zero-order valence-corrected chi connectivity index (χ0v) is 8.94. The molecule has 0 aromatic carbocycles. The summed E-state index contributed by atoms with van der Waals surface area (Å²) in [4.78, 5) is 14.0. The third kappa shape index (κ3) is 1.81. The maximum atomic E-state index is 7.66. The van der Waals surface area contributed by atoms with E-state index in [1.807, 2.05) is 6.92 Å². The highest BCUT2D eigenvalue weighted by Crippen LogP contribution is 2.29. The van der Waals surface area contributed by atoms with Gasteiger partial charge in [-0.2, -0.15) is 0 Å². The van der Waals surface area contributed by atoms with E-state index in [0.29, 0.717) is 0 Å². The van der Waals surface area contributed by atoms with E-state index >= 15 is 0 Å². The summed E-state index contributed by atoms with van der Waals surface area (Å²) in [5.41, 5.74) is 7.43. The molecule has 2 aromatic rings. The van der Waals surface area contributed by atoms with Gasteiger partial charge in [-0.15, -0.1) is 0 Å². The van der Waals surface area contributed by atoms with Crippen molar-refractivity contribution >= 4 is 5.84 Å². The van der Waals surface area contributed by atoms with Crippen molar-refractivity contribution < 1.29 is 0 Å². The number of nitrogens with zero attached hydrogens (tertiary/aromatic N) is 2. The number of nitrogens with two attached hydrogens (primary N) is 1. The number of aromatic nitrogens is 4. The lowest BCUT2D eigenvalue weighted by Crippen LogP contribution is -2.25. The second kappa shape index (κ2) is 4.18. The van der Waals surface area contributed by atoms with E-state index in [2.05, 4.69) is 19.9 Å². The van der Waals surface area contributed by atoms with Gasteiger partial charge in [-0.25, -0.2) is 9.97 Å². The fourth-order valence-corrected chi connectivity index (χ4v) is 1.84. The quantitative estimate of drug-likeness (QED) is 0.453. The van der Waals surface area contributed by atoms with Crippen molar-refractivity contribution in [2.45, 2.75) is 18.8 Å². The molecule has 6 heteroatoms. The van der Waals surface area contributed by atoms with Gasteiger partial charge in [0.1, 0.15) is 5.84 Å². The predicted molar refractivity (Wildman–Crippen MR) is 60.2 cm³/mol. The molecule has 0 spiro atoms. The maximum Gasteiger partial charge on any atom is 0.100 e. The lowest BCUT2D eigenvalue weighted by molar-refractivity contribution is 0.667. The molecule has 0 saturated heterocycles. The first-order valence-corrected chi connectivity index (χ1v) is 5.00. The van der Waals surface area contributed by atoms with Crippen LogP contribution in [0.1, 0.15) is 30.1 Å².